The third-order valence-electron chi connectivity index (χ3n) is 6.07. The number of hydrogen-bond donors (Lipinski definition) is 2. The van der Waals surface area contributed by atoms with Crippen LogP contribution in [0.5, 0.6) is 0 Å². The molecule has 128 valence electrons. The Labute approximate surface area is 141 Å². The van der Waals surface area contributed by atoms with Crippen LogP contribution in [0.3, 0.4) is 0 Å². The van der Waals surface area contributed by atoms with Crippen LogP contribution >= 0.6 is 0 Å². The minimum Gasteiger partial charge on any atom is -0.388 e. The first-order valence-electron chi connectivity index (χ1n) is 9.76. The maximum Gasteiger partial charge on any atom is 0.0803 e. The normalized spacial score (nSPS) is 29.5. The molecule has 1 aromatic carbocycles. The number of benzene rings is 1. The van der Waals surface area contributed by atoms with Crippen LogP contribution in [0.2, 0.25) is 0 Å². The van der Waals surface area contributed by atoms with E-state index in [4.69, 9.17) is 0 Å². The van der Waals surface area contributed by atoms with Gasteiger partial charge < -0.3 is 10.4 Å². The van der Waals surface area contributed by atoms with E-state index in [1.165, 1.54) is 50.5 Å². The molecule has 0 amide bonds. The van der Waals surface area contributed by atoms with Crippen LogP contribution < -0.4 is 5.32 Å². The zero-order valence-electron chi connectivity index (χ0n) is 14.5. The van der Waals surface area contributed by atoms with Crippen molar-refractivity contribution in [1.82, 2.24) is 5.32 Å². The quantitative estimate of drug-likeness (QED) is 0.812. The fraction of sp³-hybridized carbons (Fsp3) is 0.714. The van der Waals surface area contributed by atoms with Gasteiger partial charge in [-0.25, -0.2) is 0 Å². The van der Waals surface area contributed by atoms with Crippen molar-refractivity contribution in [2.24, 2.45) is 5.92 Å². The van der Waals surface area contributed by atoms with Crippen LogP contribution in [-0.2, 0) is 6.42 Å². The highest BCUT2D eigenvalue weighted by Crippen LogP contribution is 2.33. The van der Waals surface area contributed by atoms with E-state index in [0.717, 1.165) is 38.1 Å². The third-order valence-corrected chi connectivity index (χ3v) is 6.07. The molecule has 0 radical (unpaired) electrons. The second kappa shape index (κ2) is 8.30. The van der Waals surface area contributed by atoms with Crippen molar-refractivity contribution in [3.8, 4) is 0 Å². The molecule has 0 aliphatic heterocycles. The minimum atomic E-state index is -0.511. The lowest BCUT2D eigenvalue weighted by molar-refractivity contribution is -0.0349. The van der Waals surface area contributed by atoms with E-state index in [1.54, 1.807) is 0 Å². The monoisotopic (exact) mass is 315 g/mol. The highest BCUT2D eigenvalue weighted by molar-refractivity contribution is 5.15. The molecule has 2 saturated carbocycles. The van der Waals surface area contributed by atoms with E-state index in [-0.39, 0.29) is 0 Å². The number of aryl methyl sites for hydroxylation is 1. The summed E-state index contributed by atoms with van der Waals surface area (Å²) in [5.74, 6) is 0.837. The summed E-state index contributed by atoms with van der Waals surface area (Å²) >= 11 is 0. The van der Waals surface area contributed by atoms with Crippen molar-refractivity contribution in [1.29, 1.82) is 0 Å². The van der Waals surface area contributed by atoms with Crippen LogP contribution in [0.25, 0.3) is 0 Å². The van der Waals surface area contributed by atoms with Crippen molar-refractivity contribution in [2.45, 2.75) is 82.3 Å². The maximum absolute atomic E-state index is 11.3. The van der Waals surface area contributed by atoms with E-state index in [9.17, 15) is 5.11 Å². The van der Waals surface area contributed by atoms with Crippen LogP contribution in [0.1, 0.15) is 69.8 Å². The Morgan fingerprint density at radius 2 is 1.70 bits per heavy atom. The summed E-state index contributed by atoms with van der Waals surface area (Å²) < 4.78 is 0. The van der Waals surface area contributed by atoms with Gasteiger partial charge in [0.25, 0.3) is 0 Å². The largest absolute Gasteiger partial charge is 0.388 e. The van der Waals surface area contributed by atoms with Crippen molar-refractivity contribution in [3.63, 3.8) is 0 Å². The van der Waals surface area contributed by atoms with Gasteiger partial charge in [-0.15, -0.1) is 0 Å². The molecule has 23 heavy (non-hydrogen) atoms. The van der Waals surface area contributed by atoms with Crippen molar-refractivity contribution in [2.75, 3.05) is 6.54 Å². The lowest BCUT2D eigenvalue weighted by Gasteiger charge is -2.41. The highest BCUT2D eigenvalue weighted by atomic mass is 16.3. The summed E-state index contributed by atoms with van der Waals surface area (Å²) in [5.41, 5.74) is 0.834. The van der Waals surface area contributed by atoms with Gasteiger partial charge in [0, 0.05) is 6.04 Å². The zero-order chi connectivity index (χ0) is 16.0. The molecule has 0 bridgehead atoms. The zero-order valence-corrected chi connectivity index (χ0v) is 14.5. The lowest BCUT2D eigenvalue weighted by atomic mass is 9.76. The van der Waals surface area contributed by atoms with E-state index in [2.05, 4.69) is 35.6 Å². The van der Waals surface area contributed by atoms with Gasteiger partial charge in [0.05, 0.1) is 5.60 Å². The highest BCUT2D eigenvalue weighted by Gasteiger charge is 2.38. The minimum absolute atomic E-state index is 0.293. The van der Waals surface area contributed by atoms with Gasteiger partial charge in [-0.1, -0.05) is 62.4 Å². The van der Waals surface area contributed by atoms with Crippen molar-refractivity contribution in [3.05, 3.63) is 35.9 Å². The Morgan fingerprint density at radius 1 is 0.957 bits per heavy atom. The molecule has 2 aliphatic rings. The molecule has 0 aromatic heterocycles. The second-order valence-electron chi connectivity index (χ2n) is 7.80. The molecule has 2 fully saturated rings. The first-order valence-corrected chi connectivity index (χ1v) is 9.76. The van der Waals surface area contributed by atoms with Gasteiger partial charge >= 0.3 is 0 Å². The van der Waals surface area contributed by atoms with Gasteiger partial charge in [-0.3, -0.25) is 0 Å². The van der Waals surface area contributed by atoms with Gasteiger partial charge in [-0.2, -0.15) is 0 Å². The first kappa shape index (κ1) is 17.0. The van der Waals surface area contributed by atoms with Crippen LogP contribution in [0, 0.1) is 5.92 Å². The van der Waals surface area contributed by atoms with Crippen LogP contribution in [-0.4, -0.2) is 23.3 Å². The molecule has 3 rings (SSSR count). The molecule has 0 spiro atoms. The number of nitrogens with one attached hydrogen (secondary N) is 1. The fourth-order valence-corrected chi connectivity index (χ4v) is 4.52. The van der Waals surface area contributed by atoms with Gasteiger partial charge in [0.15, 0.2) is 0 Å². The summed E-state index contributed by atoms with van der Waals surface area (Å²) in [4.78, 5) is 0. The molecule has 0 heterocycles. The Morgan fingerprint density at radius 3 is 2.48 bits per heavy atom. The van der Waals surface area contributed by atoms with Gasteiger partial charge in [0.1, 0.15) is 0 Å². The third kappa shape index (κ3) is 4.81. The molecule has 2 atom stereocenters. The predicted octanol–water partition coefficient (Wildman–Crippen LogP) is 4.46. The van der Waals surface area contributed by atoms with Gasteiger partial charge in [-0.05, 0) is 56.6 Å². The number of aliphatic hydroxyl groups is 1. The molecule has 2 nitrogen and oxygen atoms in total. The summed E-state index contributed by atoms with van der Waals surface area (Å²) in [6, 6.07) is 10.9. The molecule has 2 heteroatoms. The summed E-state index contributed by atoms with van der Waals surface area (Å²) in [6.07, 6.45) is 13.4. The van der Waals surface area contributed by atoms with Crippen molar-refractivity contribution < 1.29 is 5.11 Å². The SMILES string of the molecule is O[C@@]1(CCc2ccccc2)CCCC[C@H]1NCC1CCCCC1. The second-order valence-corrected chi connectivity index (χ2v) is 7.80. The Hall–Kier alpha value is -0.860. The van der Waals surface area contributed by atoms with Gasteiger partial charge in [0.2, 0.25) is 0 Å². The maximum atomic E-state index is 11.3. The average molecular weight is 316 g/mol. The molecule has 1 aromatic rings. The smallest absolute Gasteiger partial charge is 0.0803 e. The first-order chi connectivity index (χ1) is 11.3. The fourth-order valence-electron chi connectivity index (χ4n) is 4.52. The number of hydrogen-bond acceptors (Lipinski definition) is 2. The topological polar surface area (TPSA) is 32.3 Å². The molecule has 2 N–H and O–H groups in total. The molecule has 2 aliphatic carbocycles. The van der Waals surface area contributed by atoms with E-state index < -0.39 is 5.60 Å². The Bertz CT molecular complexity index is 454. The predicted molar refractivity (Wildman–Crippen MR) is 96.5 cm³/mol. The van der Waals surface area contributed by atoms with Crippen molar-refractivity contribution >= 4 is 0 Å². The van der Waals surface area contributed by atoms with E-state index >= 15 is 0 Å². The van der Waals surface area contributed by atoms with Crippen LogP contribution in [0.4, 0.5) is 0 Å². The lowest BCUT2D eigenvalue weighted by Crippen LogP contribution is -2.54. The molecule has 0 saturated heterocycles. The van der Waals surface area contributed by atoms with Crippen LogP contribution in [0.15, 0.2) is 30.3 Å². The summed E-state index contributed by atoms with van der Waals surface area (Å²) in [5, 5.41) is 15.0. The molecular weight excluding hydrogens is 282 g/mol. The summed E-state index contributed by atoms with van der Waals surface area (Å²) in [7, 11) is 0. The summed E-state index contributed by atoms with van der Waals surface area (Å²) in [6.45, 7) is 1.11. The molecule has 0 unspecified atom stereocenters. The van der Waals surface area contributed by atoms with E-state index in [1.807, 2.05) is 0 Å². The number of rotatable bonds is 6. The Balaban J connectivity index is 1.53. The molecular formula is C21H33NO. The standard InChI is InChI=1S/C21H33NO/c23-21(16-14-18-9-3-1-4-10-18)15-8-7-13-20(21)22-17-19-11-5-2-6-12-19/h1,3-4,9-10,19-20,22-23H,2,5-8,11-17H2/t20-,21-/m1/s1. The Kier molecular flexibility index (Phi) is 6.13. The average Bonchev–Trinajstić information content (AvgIpc) is 2.61. The van der Waals surface area contributed by atoms with E-state index in [0.29, 0.717) is 6.04 Å².